The molecule has 9 nitrogen and oxygen atoms in total. The smallest absolute Gasteiger partial charge is 0.187 e. The van der Waals surface area contributed by atoms with Crippen molar-refractivity contribution in [2.75, 3.05) is 13.2 Å². The molecule has 0 aromatic heterocycles. The van der Waals surface area contributed by atoms with Gasteiger partial charge in [-0.25, -0.2) is 0 Å². The largest absolute Gasteiger partial charge is 0.394 e. The zero-order chi connectivity index (χ0) is 21.3. The SMILES string of the molecule is CC1=CC(=O)CC(C)(C)[C@@]1(O)/C=C/C(CO)O[C@@H]1O[C@H](CO)[C@@H](O)[C@H](O)[C@H]1O. The van der Waals surface area contributed by atoms with Gasteiger partial charge in [-0.3, -0.25) is 4.79 Å². The lowest BCUT2D eigenvalue weighted by Gasteiger charge is -2.44. The topological polar surface area (TPSA) is 157 Å². The van der Waals surface area contributed by atoms with Crippen LogP contribution in [-0.4, -0.2) is 92.0 Å². The molecule has 7 atom stereocenters. The molecule has 160 valence electrons. The number of ketones is 1. The van der Waals surface area contributed by atoms with E-state index in [0.29, 0.717) is 5.57 Å². The summed E-state index contributed by atoms with van der Waals surface area (Å²) >= 11 is 0. The summed E-state index contributed by atoms with van der Waals surface area (Å²) in [6, 6.07) is 0. The minimum absolute atomic E-state index is 0.0862. The third-order valence-electron chi connectivity index (χ3n) is 5.52. The Hall–Kier alpha value is -1.17. The maximum Gasteiger partial charge on any atom is 0.187 e. The van der Waals surface area contributed by atoms with E-state index in [2.05, 4.69) is 0 Å². The molecule has 1 heterocycles. The molecular formula is C19H30O9. The van der Waals surface area contributed by atoms with Gasteiger partial charge < -0.3 is 40.1 Å². The number of ether oxygens (including phenoxy) is 2. The predicted molar refractivity (Wildman–Crippen MR) is 97.0 cm³/mol. The zero-order valence-corrected chi connectivity index (χ0v) is 16.2. The maximum absolute atomic E-state index is 11.8. The van der Waals surface area contributed by atoms with Crippen LogP contribution in [-0.2, 0) is 14.3 Å². The Kier molecular flexibility index (Phi) is 7.17. The lowest BCUT2D eigenvalue weighted by atomic mass is 9.64. The molecule has 0 amide bonds. The van der Waals surface area contributed by atoms with Gasteiger partial charge in [0.25, 0.3) is 0 Å². The number of rotatable bonds is 6. The summed E-state index contributed by atoms with van der Waals surface area (Å²) in [5.74, 6) is -0.0862. The third kappa shape index (κ3) is 4.37. The Morgan fingerprint density at radius 3 is 2.43 bits per heavy atom. The van der Waals surface area contributed by atoms with Crippen LogP contribution in [0.25, 0.3) is 0 Å². The second kappa shape index (κ2) is 8.68. The Balaban J connectivity index is 2.17. The van der Waals surface area contributed by atoms with E-state index in [1.54, 1.807) is 20.8 Å². The van der Waals surface area contributed by atoms with E-state index in [0.717, 1.165) is 0 Å². The van der Waals surface area contributed by atoms with Crippen molar-refractivity contribution < 1.29 is 44.9 Å². The molecule has 1 aliphatic heterocycles. The first-order chi connectivity index (χ1) is 13.0. The van der Waals surface area contributed by atoms with Gasteiger partial charge in [-0.1, -0.05) is 19.9 Å². The van der Waals surface area contributed by atoms with Crippen molar-refractivity contribution >= 4 is 5.78 Å². The zero-order valence-electron chi connectivity index (χ0n) is 16.2. The van der Waals surface area contributed by atoms with Gasteiger partial charge in [0.05, 0.1) is 13.2 Å². The van der Waals surface area contributed by atoms with Crippen LogP contribution >= 0.6 is 0 Å². The van der Waals surface area contributed by atoms with Crippen LogP contribution in [0.5, 0.6) is 0 Å². The molecule has 0 aromatic rings. The Bertz CT molecular complexity index is 627. The first-order valence-corrected chi connectivity index (χ1v) is 9.17. The fourth-order valence-electron chi connectivity index (χ4n) is 3.61. The van der Waals surface area contributed by atoms with Crippen molar-refractivity contribution in [1.82, 2.24) is 0 Å². The number of hydrogen-bond acceptors (Lipinski definition) is 9. The maximum atomic E-state index is 11.8. The van der Waals surface area contributed by atoms with Crippen LogP contribution in [0, 0.1) is 5.41 Å². The number of aliphatic hydroxyl groups is 6. The van der Waals surface area contributed by atoms with Gasteiger partial charge in [-0.2, -0.15) is 0 Å². The van der Waals surface area contributed by atoms with Gasteiger partial charge in [0, 0.05) is 11.8 Å². The van der Waals surface area contributed by atoms with Crippen LogP contribution in [0.3, 0.4) is 0 Å². The predicted octanol–water partition coefficient (Wildman–Crippen LogP) is -1.60. The number of carbonyl (C=O) groups excluding carboxylic acids is 1. The van der Waals surface area contributed by atoms with Crippen LogP contribution in [0.2, 0.25) is 0 Å². The molecule has 2 rings (SSSR count). The van der Waals surface area contributed by atoms with E-state index in [-0.39, 0.29) is 12.2 Å². The molecule has 9 heteroatoms. The van der Waals surface area contributed by atoms with E-state index in [1.807, 2.05) is 0 Å². The van der Waals surface area contributed by atoms with Crippen LogP contribution in [0.15, 0.2) is 23.8 Å². The van der Waals surface area contributed by atoms with Gasteiger partial charge >= 0.3 is 0 Å². The van der Waals surface area contributed by atoms with Crippen molar-refractivity contribution in [2.45, 2.75) is 69.6 Å². The van der Waals surface area contributed by atoms with E-state index in [9.17, 15) is 35.4 Å². The highest BCUT2D eigenvalue weighted by Crippen LogP contribution is 2.44. The summed E-state index contributed by atoms with van der Waals surface area (Å²) in [6.45, 7) is 4.01. The van der Waals surface area contributed by atoms with Crippen molar-refractivity contribution in [3.63, 3.8) is 0 Å². The highest BCUT2D eigenvalue weighted by Gasteiger charge is 2.47. The molecule has 28 heavy (non-hydrogen) atoms. The standard InChI is InChI=1S/C19H30O9/c1-10-6-11(22)7-18(2,3)19(10,26)5-4-12(8-20)27-17-16(25)15(24)14(23)13(9-21)28-17/h4-6,12-17,20-21,23-26H,7-9H2,1-3H3/b5-4+/t12?,13-,14-,15+,16-,17-,19-/m1/s1. The number of hydrogen-bond donors (Lipinski definition) is 6. The van der Waals surface area contributed by atoms with Gasteiger partial charge in [0.15, 0.2) is 12.1 Å². The Morgan fingerprint density at radius 2 is 1.89 bits per heavy atom. The average Bonchev–Trinajstić information content (AvgIpc) is 2.62. The molecule has 0 saturated carbocycles. The van der Waals surface area contributed by atoms with Gasteiger partial charge in [-0.05, 0) is 24.6 Å². The van der Waals surface area contributed by atoms with Crippen LogP contribution in [0.4, 0.5) is 0 Å². The summed E-state index contributed by atoms with van der Waals surface area (Å²) in [5.41, 5.74) is -1.79. The monoisotopic (exact) mass is 402 g/mol. The molecule has 0 radical (unpaired) electrons. The lowest BCUT2D eigenvalue weighted by Crippen LogP contribution is -2.59. The third-order valence-corrected chi connectivity index (χ3v) is 5.52. The minimum Gasteiger partial charge on any atom is -0.394 e. The summed E-state index contributed by atoms with van der Waals surface area (Å²) in [4.78, 5) is 11.8. The molecule has 1 fully saturated rings. The van der Waals surface area contributed by atoms with Crippen LogP contribution in [0.1, 0.15) is 27.2 Å². The van der Waals surface area contributed by atoms with Gasteiger partial charge in [0.2, 0.25) is 0 Å². The number of allylic oxidation sites excluding steroid dienone is 1. The van der Waals surface area contributed by atoms with Gasteiger partial charge in [0.1, 0.15) is 36.1 Å². The van der Waals surface area contributed by atoms with E-state index in [1.165, 1.54) is 18.2 Å². The molecule has 1 saturated heterocycles. The van der Waals surface area contributed by atoms with E-state index in [4.69, 9.17) is 9.47 Å². The first kappa shape index (κ1) is 23.1. The summed E-state index contributed by atoms with van der Waals surface area (Å²) < 4.78 is 10.7. The fraction of sp³-hybridized carbons (Fsp3) is 0.737. The molecule has 1 aliphatic carbocycles. The van der Waals surface area contributed by atoms with E-state index < -0.39 is 61.0 Å². The quantitative estimate of drug-likeness (QED) is 0.288. The Morgan fingerprint density at radius 1 is 1.25 bits per heavy atom. The highest BCUT2D eigenvalue weighted by atomic mass is 16.7. The summed E-state index contributed by atoms with van der Waals surface area (Å²) in [5, 5.41) is 59.6. The molecule has 1 unspecified atom stereocenters. The normalized spacial score (nSPS) is 39.8. The first-order valence-electron chi connectivity index (χ1n) is 9.17. The second-order valence-electron chi connectivity index (χ2n) is 8.03. The lowest BCUT2D eigenvalue weighted by molar-refractivity contribution is -0.309. The van der Waals surface area contributed by atoms with Crippen molar-refractivity contribution in [3.8, 4) is 0 Å². The summed E-state index contributed by atoms with van der Waals surface area (Å²) in [7, 11) is 0. The minimum atomic E-state index is -1.60. The Labute approximate surface area is 163 Å². The molecule has 2 aliphatic rings. The number of carbonyl (C=O) groups is 1. The molecule has 0 aromatic carbocycles. The van der Waals surface area contributed by atoms with Crippen molar-refractivity contribution in [3.05, 3.63) is 23.8 Å². The second-order valence-corrected chi connectivity index (χ2v) is 8.03. The van der Waals surface area contributed by atoms with Crippen molar-refractivity contribution in [2.24, 2.45) is 5.41 Å². The van der Waals surface area contributed by atoms with E-state index >= 15 is 0 Å². The molecule has 0 spiro atoms. The van der Waals surface area contributed by atoms with Crippen molar-refractivity contribution in [1.29, 1.82) is 0 Å². The average molecular weight is 402 g/mol. The van der Waals surface area contributed by atoms with Gasteiger partial charge in [-0.15, -0.1) is 0 Å². The number of aliphatic hydroxyl groups excluding tert-OH is 5. The molecule has 6 N–H and O–H groups in total. The highest BCUT2D eigenvalue weighted by molar-refractivity contribution is 5.92. The molecular weight excluding hydrogens is 372 g/mol. The fourth-order valence-corrected chi connectivity index (χ4v) is 3.61. The summed E-state index contributed by atoms with van der Waals surface area (Å²) in [6.07, 6.45) is -3.96. The molecule has 0 bridgehead atoms. The van der Waals surface area contributed by atoms with Crippen LogP contribution < -0.4 is 0 Å².